The lowest BCUT2D eigenvalue weighted by Gasteiger charge is -2.13. The van der Waals surface area contributed by atoms with Crippen molar-refractivity contribution in [1.82, 2.24) is 5.32 Å². The minimum atomic E-state index is -0.0502. The molecule has 2 rings (SSSR count). The van der Waals surface area contributed by atoms with Gasteiger partial charge in [-0.2, -0.15) is 11.3 Å². The van der Waals surface area contributed by atoms with Crippen LogP contribution in [0.3, 0.4) is 0 Å². The van der Waals surface area contributed by atoms with Crippen molar-refractivity contribution in [3.05, 3.63) is 57.8 Å². The molecule has 102 valence electrons. The van der Waals surface area contributed by atoms with E-state index in [9.17, 15) is 4.79 Å². The van der Waals surface area contributed by atoms with E-state index in [4.69, 9.17) is 5.73 Å². The van der Waals surface area contributed by atoms with Crippen LogP contribution >= 0.6 is 11.3 Å². The van der Waals surface area contributed by atoms with Crippen molar-refractivity contribution >= 4 is 17.2 Å². The third-order valence-corrected chi connectivity index (χ3v) is 3.56. The number of carbonyl (C=O) groups excluding carboxylic acids is 1. The lowest BCUT2D eigenvalue weighted by molar-refractivity contribution is 0.0940. The fourth-order valence-corrected chi connectivity index (χ4v) is 2.40. The number of hydrogen-bond acceptors (Lipinski definition) is 3. The van der Waals surface area contributed by atoms with Crippen molar-refractivity contribution in [2.24, 2.45) is 5.73 Å². The minimum Gasteiger partial charge on any atom is -0.345 e. The van der Waals surface area contributed by atoms with Crippen LogP contribution in [-0.2, 0) is 0 Å². The van der Waals surface area contributed by atoms with Crippen molar-refractivity contribution in [2.75, 3.05) is 6.54 Å². The second-order valence-corrected chi connectivity index (χ2v) is 5.12. The summed E-state index contributed by atoms with van der Waals surface area (Å²) >= 11 is 1.51. The van der Waals surface area contributed by atoms with Gasteiger partial charge in [-0.15, -0.1) is 0 Å². The molecule has 0 spiro atoms. The number of hydrogen-bond donors (Lipinski definition) is 2. The molecule has 1 aromatic carbocycles. The Kier molecular flexibility index (Phi) is 4.94. The summed E-state index contributed by atoms with van der Waals surface area (Å²) in [6.07, 6.45) is 0. The fraction of sp³-hybridized carbons (Fsp3) is 0.188. The molecule has 1 atom stereocenters. The zero-order chi connectivity index (χ0) is 14.4. The monoisotopic (exact) mass is 284 g/mol. The Morgan fingerprint density at radius 2 is 2.10 bits per heavy atom. The fourth-order valence-electron chi connectivity index (χ4n) is 1.77. The maximum atomic E-state index is 12.0. The molecule has 3 nitrogen and oxygen atoms in total. The minimum absolute atomic E-state index is 0.0427. The second-order valence-electron chi connectivity index (χ2n) is 4.34. The summed E-state index contributed by atoms with van der Waals surface area (Å²) in [6, 6.07) is 9.59. The first-order valence-corrected chi connectivity index (χ1v) is 7.27. The molecule has 20 heavy (non-hydrogen) atoms. The summed E-state index contributed by atoms with van der Waals surface area (Å²) in [4.78, 5) is 12.0. The van der Waals surface area contributed by atoms with Gasteiger partial charge in [0.1, 0.15) is 0 Å². The summed E-state index contributed by atoms with van der Waals surface area (Å²) in [6.45, 7) is 2.32. The molecule has 2 aromatic rings. The van der Waals surface area contributed by atoms with E-state index in [1.54, 1.807) is 0 Å². The molecule has 0 radical (unpaired) electrons. The van der Waals surface area contributed by atoms with Crippen LogP contribution in [0.15, 0.2) is 41.1 Å². The number of rotatable bonds is 3. The molecule has 1 aromatic heterocycles. The topological polar surface area (TPSA) is 55.1 Å². The molecule has 0 bridgehead atoms. The molecule has 0 aliphatic rings. The van der Waals surface area contributed by atoms with Gasteiger partial charge < -0.3 is 11.1 Å². The Balaban J connectivity index is 2.02. The maximum absolute atomic E-state index is 12.0. The SMILES string of the molecule is CC(NC(=O)c1ccsc1)c1ccc(C#CCN)cc1. The highest BCUT2D eigenvalue weighted by Crippen LogP contribution is 2.14. The summed E-state index contributed by atoms with van der Waals surface area (Å²) in [7, 11) is 0. The molecule has 4 heteroatoms. The molecule has 0 saturated carbocycles. The van der Waals surface area contributed by atoms with Crippen LogP contribution in [0.4, 0.5) is 0 Å². The highest BCUT2D eigenvalue weighted by Gasteiger charge is 2.11. The highest BCUT2D eigenvalue weighted by molar-refractivity contribution is 7.08. The molecule has 0 aliphatic carbocycles. The first kappa shape index (κ1) is 14.3. The zero-order valence-electron chi connectivity index (χ0n) is 11.2. The Bertz CT molecular complexity index is 621. The van der Waals surface area contributed by atoms with E-state index in [0.717, 1.165) is 11.1 Å². The van der Waals surface area contributed by atoms with Gasteiger partial charge in [0.15, 0.2) is 0 Å². The van der Waals surface area contributed by atoms with Crippen LogP contribution in [0.2, 0.25) is 0 Å². The van der Waals surface area contributed by atoms with Crippen LogP contribution in [0.5, 0.6) is 0 Å². The third-order valence-electron chi connectivity index (χ3n) is 2.88. The molecule has 0 saturated heterocycles. The van der Waals surface area contributed by atoms with Crippen molar-refractivity contribution in [3.63, 3.8) is 0 Å². The highest BCUT2D eigenvalue weighted by atomic mass is 32.1. The maximum Gasteiger partial charge on any atom is 0.252 e. The quantitative estimate of drug-likeness (QED) is 0.851. The molecular formula is C16H16N2OS. The molecule has 3 N–H and O–H groups in total. The first-order valence-electron chi connectivity index (χ1n) is 6.32. The Hall–Kier alpha value is -2.09. The zero-order valence-corrected chi connectivity index (χ0v) is 12.0. The van der Waals surface area contributed by atoms with Gasteiger partial charge in [-0.3, -0.25) is 4.79 Å². The standard InChI is InChI=1S/C16H16N2OS/c1-12(18-16(19)15-8-10-20-11-15)14-6-4-13(5-7-14)3-2-9-17/h4-8,10-12H,9,17H2,1H3,(H,18,19). The lowest BCUT2D eigenvalue weighted by Crippen LogP contribution is -2.26. The van der Waals surface area contributed by atoms with Gasteiger partial charge in [-0.1, -0.05) is 24.0 Å². The Labute approximate surface area is 122 Å². The van der Waals surface area contributed by atoms with Gasteiger partial charge in [0.25, 0.3) is 5.91 Å². The van der Waals surface area contributed by atoms with Gasteiger partial charge in [-0.25, -0.2) is 0 Å². The molecule has 0 aliphatic heterocycles. The number of nitrogens with two attached hydrogens (primary N) is 1. The summed E-state index contributed by atoms with van der Waals surface area (Å²) in [5.41, 5.74) is 8.01. The third kappa shape index (κ3) is 3.70. The lowest BCUT2D eigenvalue weighted by atomic mass is 10.1. The van der Waals surface area contributed by atoms with Crippen molar-refractivity contribution < 1.29 is 4.79 Å². The Morgan fingerprint density at radius 3 is 2.70 bits per heavy atom. The first-order chi connectivity index (χ1) is 9.70. The molecule has 1 amide bonds. The van der Waals surface area contributed by atoms with E-state index in [1.165, 1.54) is 11.3 Å². The van der Waals surface area contributed by atoms with Crippen molar-refractivity contribution in [2.45, 2.75) is 13.0 Å². The van der Waals surface area contributed by atoms with Crippen LogP contribution in [0.25, 0.3) is 0 Å². The van der Waals surface area contributed by atoms with Crippen LogP contribution in [0, 0.1) is 11.8 Å². The largest absolute Gasteiger partial charge is 0.345 e. The average Bonchev–Trinajstić information content (AvgIpc) is 3.00. The van der Waals surface area contributed by atoms with E-state index in [2.05, 4.69) is 17.2 Å². The van der Waals surface area contributed by atoms with E-state index < -0.39 is 0 Å². The van der Waals surface area contributed by atoms with Gasteiger partial charge in [0, 0.05) is 10.9 Å². The average molecular weight is 284 g/mol. The predicted molar refractivity (Wildman–Crippen MR) is 82.6 cm³/mol. The smallest absolute Gasteiger partial charge is 0.252 e. The summed E-state index contributed by atoms with van der Waals surface area (Å²) < 4.78 is 0. The predicted octanol–water partition coefficient (Wildman–Crippen LogP) is 2.55. The van der Waals surface area contributed by atoms with Gasteiger partial charge in [0.05, 0.1) is 18.2 Å². The van der Waals surface area contributed by atoms with Gasteiger partial charge in [-0.05, 0) is 36.1 Å². The normalized spacial score (nSPS) is 11.3. The van der Waals surface area contributed by atoms with E-state index in [0.29, 0.717) is 12.1 Å². The van der Waals surface area contributed by atoms with Gasteiger partial charge >= 0.3 is 0 Å². The molecule has 0 fully saturated rings. The van der Waals surface area contributed by atoms with Crippen molar-refractivity contribution in [3.8, 4) is 11.8 Å². The molecule has 1 heterocycles. The number of nitrogens with one attached hydrogen (secondary N) is 1. The van der Waals surface area contributed by atoms with Crippen molar-refractivity contribution in [1.29, 1.82) is 0 Å². The number of amides is 1. The summed E-state index contributed by atoms with van der Waals surface area (Å²) in [5, 5.41) is 6.71. The van der Waals surface area contributed by atoms with Crippen LogP contribution in [0.1, 0.15) is 34.5 Å². The summed E-state index contributed by atoms with van der Waals surface area (Å²) in [5.74, 6) is 5.74. The molecule has 1 unspecified atom stereocenters. The Morgan fingerprint density at radius 1 is 1.35 bits per heavy atom. The van der Waals surface area contributed by atoms with Crippen LogP contribution in [-0.4, -0.2) is 12.5 Å². The second kappa shape index (κ2) is 6.90. The number of benzene rings is 1. The molecular weight excluding hydrogens is 268 g/mol. The van der Waals surface area contributed by atoms with E-state index in [1.807, 2.05) is 48.0 Å². The van der Waals surface area contributed by atoms with E-state index in [-0.39, 0.29) is 11.9 Å². The van der Waals surface area contributed by atoms with Crippen LogP contribution < -0.4 is 11.1 Å². The number of thiophene rings is 1. The number of carbonyl (C=O) groups is 1. The van der Waals surface area contributed by atoms with Gasteiger partial charge in [0.2, 0.25) is 0 Å². The van der Waals surface area contributed by atoms with E-state index >= 15 is 0 Å².